The number of aromatic nitrogens is 2. The van der Waals surface area contributed by atoms with Crippen molar-refractivity contribution in [2.45, 2.75) is 20.3 Å². The Hall–Kier alpha value is -1.36. The average Bonchev–Trinajstić information content (AvgIpc) is 2.79. The summed E-state index contributed by atoms with van der Waals surface area (Å²) in [6.07, 6.45) is 1.02. The molecule has 4 nitrogen and oxygen atoms in total. The molecule has 0 radical (unpaired) electrons. The SMILES string of the molecule is CCCNc1nc(-c2ccc(C)c(Br)c2)no1. The third-order valence-electron chi connectivity index (χ3n) is 2.38. The first kappa shape index (κ1) is 12.1. The molecule has 1 N–H and O–H groups in total. The van der Waals surface area contributed by atoms with Crippen LogP contribution in [0.5, 0.6) is 0 Å². The first-order valence-corrected chi connectivity index (χ1v) is 6.34. The van der Waals surface area contributed by atoms with Crippen LogP contribution in [0.2, 0.25) is 0 Å². The molecular weight excluding hydrogens is 282 g/mol. The zero-order chi connectivity index (χ0) is 12.3. The van der Waals surface area contributed by atoms with E-state index in [9.17, 15) is 0 Å². The van der Waals surface area contributed by atoms with Gasteiger partial charge in [-0.25, -0.2) is 0 Å². The fourth-order valence-electron chi connectivity index (χ4n) is 1.38. The number of nitrogens with zero attached hydrogens (tertiary/aromatic N) is 2. The second kappa shape index (κ2) is 5.31. The van der Waals surface area contributed by atoms with E-state index in [1.54, 1.807) is 0 Å². The van der Waals surface area contributed by atoms with E-state index in [0.29, 0.717) is 11.8 Å². The molecule has 0 atom stereocenters. The molecule has 0 bridgehead atoms. The van der Waals surface area contributed by atoms with Crippen molar-refractivity contribution in [1.82, 2.24) is 10.1 Å². The fourth-order valence-corrected chi connectivity index (χ4v) is 1.76. The summed E-state index contributed by atoms with van der Waals surface area (Å²) in [4.78, 5) is 4.28. The van der Waals surface area contributed by atoms with Gasteiger partial charge in [-0.15, -0.1) is 0 Å². The summed E-state index contributed by atoms with van der Waals surface area (Å²) in [5.41, 5.74) is 2.12. The first-order valence-electron chi connectivity index (χ1n) is 5.55. The predicted molar refractivity (Wildman–Crippen MR) is 71.0 cm³/mol. The van der Waals surface area contributed by atoms with Crippen LogP contribution in [0.3, 0.4) is 0 Å². The van der Waals surface area contributed by atoms with Crippen molar-refractivity contribution < 1.29 is 4.52 Å². The number of hydrogen-bond donors (Lipinski definition) is 1. The maximum absolute atomic E-state index is 5.10. The number of aryl methyl sites for hydroxylation is 1. The molecular formula is C12H14BrN3O. The van der Waals surface area contributed by atoms with Crippen LogP contribution in [-0.2, 0) is 0 Å². The normalized spacial score (nSPS) is 10.5. The van der Waals surface area contributed by atoms with Crippen molar-refractivity contribution in [1.29, 1.82) is 0 Å². The molecule has 0 unspecified atom stereocenters. The minimum Gasteiger partial charge on any atom is -0.338 e. The van der Waals surface area contributed by atoms with Crippen LogP contribution in [0.1, 0.15) is 18.9 Å². The van der Waals surface area contributed by atoms with Gasteiger partial charge in [0, 0.05) is 16.6 Å². The van der Waals surface area contributed by atoms with E-state index in [1.165, 1.54) is 5.56 Å². The molecule has 0 amide bonds. The molecule has 0 fully saturated rings. The fraction of sp³-hybridized carbons (Fsp3) is 0.333. The lowest BCUT2D eigenvalue weighted by atomic mass is 10.1. The van der Waals surface area contributed by atoms with E-state index in [2.05, 4.69) is 38.3 Å². The maximum Gasteiger partial charge on any atom is 0.321 e. The highest BCUT2D eigenvalue weighted by atomic mass is 79.9. The van der Waals surface area contributed by atoms with E-state index in [1.807, 2.05) is 25.1 Å². The number of nitrogens with one attached hydrogen (secondary N) is 1. The van der Waals surface area contributed by atoms with Gasteiger partial charge in [-0.05, 0) is 25.0 Å². The second-order valence-electron chi connectivity index (χ2n) is 3.81. The molecule has 0 aliphatic rings. The smallest absolute Gasteiger partial charge is 0.321 e. The summed E-state index contributed by atoms with van der Waals surface area (Å²) in [6.45, 7) is 4.96. The van der Waals surface area contributed by atoms with Gasteiger partial charge in [0.25, 0.3) is 0 Å². The van der Waals surface area contributed by atoms with Gasteiger partial charge in [0.2, 0.25) is 5.82 Å². The van der Waals surface area contributed by atoms with Gasteiger partial charge in [0.05, 0.1) is 0 Å². The number of halogens is 1. The second-order valence-corrected chi connectivity index (χ2v) is 4.67. The molecule has 0 aliphatic heterocycles. The Labute approximate surface area is 109 Å². The van der Waals surface area contributed by atoms with Gasteiger partial charge in [-0.3, -0.25) is 0 Å². The zero-order valence-corrected chi connectivity index (χ0v) is 11.4. The monoisotopic (exact) mass is 295 g/mol. The summed E-state index contributed by atoms with van der Waals surface area (Å²) in [5.74, 6) is 0.601. The highest BCUT2D eigenvalue weighted by Crippen LogP contribution is 2.24. The molecule has 17 heavy (non-hydrogen) atoms. The number of hydrogen-bond acceptors (Lipinski definition) is 4. The van der Waals surface area contributed by atoms with E-state index in [-0.39, 0.29) is 0 Å². The van der Waals surface area contributed by atoms with Crippen LogP contribution < -0.4 is 5.32 Å². The third kappa shape index (κ3) is 2.85. The van der Waals surface area contributed by atoms with Crippen molar-refractivity contribution >= 4 is 21.9 Å². The van der Waals surface area contributed by atoms with Crippen molar-refractivity contribution in [3.8, 4) is 11.4 Å². The molecule has 2 aromatic rings. The Morgan fingerprint density at radius 2 is 2.24 bits per heavy atom. The molecule has 2 rings (SSSR count). The van der Waals surface area contributed by atoms with Crippen LogP contribution >= 0.6 is 15.9 Å². The Kier molecular flexibility index (Phi) is 3.78. The van der Waals surface area contributed by atoms with E-state index in [4.69, 9.17) is 4.52 Å². The molecule has 1 aromatic heterocycles. The zero-order valence-electron chi connectivity index (χ0n) is 9.83. The lowest BCUT2D eigenvalue weighted by molar-refractivity contribution is 0.432. The topological polar surface area (TPSA) is 51.0 Å². The van der Waals surface area contributed by atoms with E-state index < -0.39 is 0 Å². The number of anilines is 1. The average molecular weight is 296 g/mol. The number of rotatable bonds is 4. The summed E-state index contributed by atoms with van der Waals surface area (Å²) in [7, 11) is 0. The Bertz CT molecular complexity index is 510. The van der Waals surface area contributed by atoms with Crippen molar-refractivity contribution in [3.05, 3.63) is 28.2 Å². The van der Waals surface area contributed by atoms with Crippen molar-refractivity contribution in [2.75, 3.05) is 11.9 Å². The van der Waals surface area contributed by atoms with Crippen molar-refractivity contribution in [3.63, 3.8) is 0 Å². The summed E-state index contributed by atoms with van der Waals surface area (Å²) in [5, 5.41) is 7.00. The van der Waals surface area contributed by atoms with Gasteiger partial charge < -0.3 is 9.84 Å². The van der Waals surface area contributed by atoms with Crippen LogP contribution in [0.25, 0.3) is 11.4 Å². The van der Waals surface area contributed by atoms with Gasteiger partial charge in [0.1, 0.15) is 0 Å². The van der Waals surface area contributed by atoms with Gasteiger partial charge >= 0.3 is 6.01 Å². The highest BCUT2D eigenvalue weighted by Gasteiger charge is 2.08. The molecule has 1 aromatic carbocycles. The molecule has 0 aliphatic carbocycles. The van der Waals surface area contributed by atoms with E-state index in [0.717, 1.165) is 23.0 Å². The highest BCUT2D eigenvalue weighted by molar-refractivity contribution is 9.10. The van der Waals surface area contributed by atoms with Crippen LogP contribution in [-0.4, -0.2) is 16.7 Å². The maximum atomic E-state index is 5.10. The van der Waals surface area contributed by atoms with Gasteiger partial charge in [-0.1, -0.05) is 40.1 Å². The third-order valence-corrected chi connectivity index (χ3v) is 3.24. The minimum absolute atomic E-state index is 0.471. The largest absolute Gasteiger partial charge is 0.338 e. The summed E-state index contributed by atoms with van der Waals surface area (Å²) < 4.78 is 6.15. The van der Waals surface area contributed by atoms with Crippen molar-refractivity contribution in [2.24, 2.45) is 0 Å². The van der Waals surface area contributed by atoms with Gasteiger partial charge in [-0.2, -0.15) is 4.98 Å². The molecule has 0 saturated carbocycles. The first-order chi connectivity index (χ1) is 8.20. The molecule has 0 saturated heterocycles. The van der Waals surface area contributed by atoms with Gasteiger partial charge in [0.15, 0.2) is 0 Å². The number of benzene rings is 1. The lowest BCUT2D eigenvalue weighted by Crippen LogP contribution is -1.99. The predicted octanol–water partition coefficient (Wildman–Crippen LogP) is 3.63. The molecule has 90 valence electrons. The Morgan fingerprint density at radius 3 is 2.94 bits per heavy atom. The van der Waals surface area contributed by atoms with Crippen LogP contribution in [0.4, 0.5) is 6.01 Å². The minimum atomic E-state index is 0.471. The Morgan fingerprint density at radius 1 is 1.41 bits per heavy atom. The summed E-state index contributed by atoms with van der Waals surface area (Å²) >= 11 is 3.49. The standard InChI is InChI=1S/C12H14BrN3O/c1-3-6-14-12-15-11(16-17-12)9-5-4-8(2)10(13)7-9/h4-5,7H,3,6H2,1-2H3,(H,14,15,16). The van der Waals surface area contributed by atoms with E-state index >= 15 is 0 Å². The molecule has 0 spiro atoms. The van der Waals surface area contributed by atoms with Crippen LogP contribution in [0.15, 0.2) is 27.2 Å². The van der Waals surface area contributed by atoms with Crippen LogP contribution in [0, 0.1) is 6.92 Å². The quantitative estimate of drug-likeness (QED) is 0.936. The summed E-state index contributed by atoms with van der Waals surface area (Å²) in [6, 6.07) is 6.46. The lowest BCUT2D eigenvalue weighted by Gasteiger charge is -1.99. The molecule has 5 heteroatoms. The molecule has 1 heterocycles. The Balaban J connectivity index is 2.21.